The minimum absolute atomic E-state index is 0.00154. The summed E-state index contributed by atoms with van der Waals surface area (Å²) in [4.78, 5) is 59.5. The molecule has 0 saturated heterocycles. The molecule has 1 aliphatic rings. The van der Waals surface area contributed by atoms with Crippen LogP contribution in [0, 0.1) is 18.3 Å². The lowest BCUT2D eigenvalue weighted by molar-refractivity contribution is -0.139. The molecule has 0 saturated carbocycles. The summed E-state index contributed by atoms with van der Waals surface area (Å²) in [5.41, 5.74) is 6.13. The summed E-state index contributed by atoms with van der Waals surface area (Å²) < 4.78 is 37.4. The number of sulfonamides is 1. The second-order valence-electron chi connectivity index (χ2n) is 10.6. The molecule has 0 radical (unpaired) electrons. The first kappa shape index (κ1) is 33.9. The smallest absolute Gasteiger partial charge is 0.355 e. The highest BCUT2D eigenvalue weighted by Gasteiger charge is 2.43. The lowest BCUT2D eigenvalue weighted by atomic mass is 9.81. The van der Waals surface area contributed by atoms with E-state index in [-0.39, 0.29) is 55.9 Å². The predicted octanol–water partition coefficient (Wildman–Crippen LogP) is 2.49. The van der Waals surface area contributed by atoms with Crippen molar-refractivity contribution in [3.8, 4) is 6.07 Å². The summed E-state index contributed by atoms with van der Waals surface area (Å²) in [6.07, 6.45) is 0. The van der Waals surface area contributed by atoms with E-state index in [0.29, 0.717) is 11.3 Å². The fourth-order valence-electron chi connectivity index (χ4n) is 5.41. The lowest BCUT2D eigenvalue weighted by Crippen LogP contribution is -2.41. The van der Waals surface area contributed by atoms with E-state index >= 15 is 0 Å². The van der Waals surface area contributed by atoms with Crippen LogP contribution in [-0.4, -0.2) is 50.1 Å². The highest BCUT2D eigenvalue weighted by atomic mass is 32.2. The summed E-state index contributed by atoms with van der Waals surface area (Å²) in [6, 6.07) is 20.0. The van der Waals surface area contributed by atoms with Gasteiger partial charge in [-0.1, -0.05) is 30.3 Å². The van der Waals surface area contributed by atoms with Gasteiger partial charge >= 0.3 is 11.9 Å². The Bertz CT molecular complexity index is 2290. The Morgan fingerprint density at radius 3 is 2.22 bits per heavy atom. The van der Waals surface area contributed by atoms with Crippen molar-refractivity contribution in [2.24, 2.45) is 5.73 Å². The molecule has 1 aliphatic heterocycles. The quantitative estimate of drug-likeness (QED) is 0.228. The van der Waals surface area contributed by atoms with Gasteiger partial charge in [0, 0.05) is 18.3 Å². The van der Waals surface area contributed by atoms with E-state index in [2.05, 4.69) is 21.2 Å². The van der Waals surface area contributed by atoms with Crippen LogP contribution in [0.3, 0.4) is 0 Å². The normalized spacial score (nSPS) is 14.7. The van der Waals surface area contributed by atoms with Gasteiger partial charge in [0.1, 0.15) is 17.3 Å². The van der Waals surface area contributed by atoms with E-state index in [1.165, 1.54) is 56.3 Å². The molecule has 0 spiro atoms. The Morgan fingerprint density at radius 1 is 0.980 bits per heavy atom. The number of aryl methyl sites for hydroxylation is 1. The molecule has 0 aliphatic carbocycles. The van der Waals surface area contributed by atoms with Gasteiger partial charge in [-0.25, -0.2) is 19.4 Å². The lowest BCUT2D eigenvalue weighted by Gasteiger charge is -2.36. The third kappa shape index (κ3) is 6.30. The van der Waals surface area contributed by atoms with E-state index < -0.39 is 33.4 Å². The Kier molecular flexibility index (Phi) is 9.22. The molecule has 1 amide bonds. The molecule has 3 aromatic carbocycles. The summed E-state index contributed by atoms with van der Waals surface area (Å²) >= 11 is 0. The van der Waals surface area contributed by atoms with Crippen LogP contribution in [0.5, 0.6) is 0 Å². The van der Waals surface area contributed by atoms with Crippen LogP contribution in [0.1, 0.15) is 24.2 Å². The van der Waals surface area contributed by atoms with E-state index in [1.807, 2.05) is 0 Å². The van der Waals surface area contributed by atoms with Crippen molar-refractivity contribution in [3.63, 3.8) is 0 Å². The molecule has 0 bridgehead atoms. The Hall–Kier alpha value is -6.47. The monoisotopic (exact) mass is 683 g/mol. The first-order valence-electron chi connectivity index (χ1n) is 14.4. The number of nitriles is 1. The summed E-state index contributed by atoms with van der Waals surface area (Å²) in [6.45, 7) is 2.73. The highest BCUT2D eigenvalue weighted by molar-refractivity contribution is 7.92. The molecule has 2 heterocycles. The average molecular weight is 684 g/mol. The van der Waals surface area contributed by atoms with Crippen LogP contribution in [0.4, 0.5) is 11.4 Å². The number of nitrogens with two attached hydrogens (primary N) is 1. The molecule has 4 N–H and O–H groups in total. The zero-order valence-electron chi connectivity index (χ0n) is 26.5. The molecule has 1 atom stereocenters. The maximum absolute atomic E-state index is 13.9. The molecule has 4 aromatic rings. The fourth-order valence-corrected chi connectivity index (χ4v) is 6.46. The Balaban J connectivity index is 1.68. The summed E-state index contributed by atoms with van der Waals surface area (Å²) in [7, 11) is -2.11. The number of nitrogens with one attached hydrogen (secondary N) is 2. The molecular weight excluding hydrogens is 654 g/mol. The number of aromatic nitrogens is 2. The van der Waals surface area contributed by atoms with Gasteiger partial charge in [-0.3, -0.25) is 14.5 Å². The van der Waals surface area contributed by atoms with Gasteiger partial charge in [-0.05, 0) is 55.0 Å². The average Bonchev–Trinajstić information content (AvgIpc) is 3.09. The van der Waals surface area contributed by atoms with Crippen molar-refractivity contribution >= 4 is 50.1 Å². The molecular formula is C33H29N7O8S. The standard InChI is InChI=1S/C33H29N7O8S/c1-18-36-26-15-12-22(16-24(26)31(42)40(18)38-49(45,46)23-13-10-21(11-14-23)37-19(2)41)39-29(33(44)48-4)28(32(43)47-3)27(25(17-34)30(39)35)20-8-6-5-7-9-20/h5-16,27,38H,35H2,1-4H3,(H,37,41). The number of carbonyl (C=O) groups excluding carboxylic acids is 3. The highest BCUT2D eigenvalue weighted by Crippen LogP contribution is 2.43. The SMILES string of the molecule is COC(=O)C1=C(C(=O)OC)N(c2ccc3nc(C)n(NS(=O)(=O)c4ccc(NC(C)=O)cc4)c(=O)c3c2)C(N)=C(C#N)C1c1ccccc1. The number of hydrogen-bond acceptors (Lipinski definition) is 12. The number of amides is 1. The van der Waals surface area contributed by atoms with Crippen LogP contribution in [-0.2, 0) is 33.9 Å². The zero-order valence-corrected chi connectivity index (χ0v) is 27.4. The van der Waals surface area contributed by atoms with Gasteiger partial charge in [0.15, 0.2) is 0 Å². The predicted molar refractivity (Wildman–Crippen MR) is 178 cm³/mol. The molecule has 15 nitrogen and oxygen atoms in total. The number of hydrogen-bond donors (Lipinski definition) is 3. The Labute approximate surface area is 279 Å². The first-order chi connectivity index (χ1) is 23.3. The molecule has 1 aromatic heterocycles. The Morgan fingerprint density at radius 2 is 1.63 bits per heavy atom. The summed E-state index contributed by atoms with van der Waals surface area (Å²) in [5, 5.41) is 12.7. The van der Waals surface area contributed by atoms with Crippen LogP contribution >= 0.6 is 0 Å². The molecule has 1 unspecified atom stereocenters. The van der Waals surface area contributed by atoms with E-state index in [4.69, 9.17) is 15.2 Å². The maximum Gasteiger partial charge on any atom is 0.355 e. The number of anilines is 2. The number of fused-ring (bicyclic) bond motifs is 1. The van der Waals surface area contributed by atoms with E-state index in [1.54, 1.807) is 30.3 Å². The van der Waals surface area contributed by atoms with E-state index in [0.717, 1.165) is 23.8 Å². The minimum atomic E-state index is -4.33. The number of allylic oxidation sites excluding steroid dienone is 1. The van der Waals surface area contributed by atoms with Crippen molar-refractivity contribution in [1.29, 1.82) is 5.26 Å². The topological polar surface area (TPSA) is 216 Å². The number of esters is 2. The van der Waals surface area contributed by atoms with Crippen molar-refractivity contribution in [3.05, 3.63) is 117 Å². The number of carbonyl (C=O) groups is 3. The van der Waals surface area contributed by atoms with Crippen LogP contribution in [0.2, 0.25) is 0 Å². The number of rotatable bonds is 8. The first-order valence-corrected chi connectivity index (χ1v) is 15.9. The zero-order chi connectivity index (χ0) is 35.6. The molecule has 49 heavy (non-hydrogen) atoms. The van der Waals surface area contributed by atoms with Gasteiger partial charge in [-0.15, -0.1) is 0 Å². The molecule has 5 rings (SSSR count). The van der Waals surface area contributed by atoms with Crippen LogP contribution in [0.25, 0.3) is 10.9 Å². The van der Waals surface area contributed by atoms with Crippen LogP contribution in [0.15, 0.2) is 105 Å². The number of benzene rings is 3. The second-order valence-corrected chi connectivity index (χ2v) is 12.3. The molecule has 250 valence electrons. The third-order valence-electron chi connectivity index (χ3n) is 7.58. The fraction of sp³-hybridized carbons (Fsp3) is 0.152. The molecule has 0 fully saturated rings. The minimum Gasteiger partial charge on any atom is -0.466 e. The molecule has 16 heteroatoms. The van der Waals surface area contributed by atoms with Gasteiger partial charge in [0.2, 0.25) is 5.91 Å². The number of nitrogens with zero attached hydrogens (tertiary/aromatic N) is 4. The van der Waals surface area contributed by atoms with Crippen molar-refractivity contribution < 1.29 is 32.3 Å². The summed E-state index contributed by atoms with van der Waals surface area (Å²) in [5.74, 6) is -3.59. The number of methoxy groups -OCH3 is 2. The number of ether oxygens (including phenoxy) is 2. The second kappa shape index (κ2) is 13.3. The van der Waals surface area contributed by atoms with Crippen molar-refractivity contribution in [1.82, 2.24) is 9.66 Å². The van der Waals surface area contributed by atoms with Gasteiger partial charge in [-0.2, -0.15) is 18.4 Å². The largest absolute Gasteiger partial charge is 0.466 e. The van der Waals surface area contributed by atoms with Gasteiger partial charge in [0.05, 0.1) is 53.2 Å². The van der Waals surface area contributed by atoms with Gasteiger partial charge in [0.25, 0.3) is 15.6 Å². The van der Waals surface area contributed by atoms with Gasteiger partial charge < -0.3 is 20.5 Å². The van der Waals surface area contributed by atoms with Crippen molar-refractivity contribution in [2.75, 3.05) is 29.3 Å². The maximum atomic E-state index is 13.9. The van der Waals surface area contributed by atoms with Crippen LogP contribution < -0.4 is 26.3 Å². The van der Waals surface area contributed by atoms with E-state index in [9.17, 15) is 32.9 Å². The third-order valence-corrected chi connectivity index (χ3v) is 8.90. The van der Waals surface area contributed by atoms with Crippen molar-refractivity contribution in [2.45, 2.75) is 24.7 Å².